The molecule has 2 saturated heterocycles. The number of ether oxygens (including phenoxy) is 1. The molecule has 1 amide bonds. The van der Waals surface area contributed by atoms with Crippen LogP contribution in [0.2, 0.25) is 0 Å². The number of benzene rings is 1. The average Bonchev–Trinajstić information content (AvgIpc) is 3.59. The number of hydrogen-bond donors (Lipinski definition) is 3. The number of aliphatic hydroxyl groups excluding tert-OH is 3. The van der Waals surface area contributed by atoms with Crippen molar-refractivity contribution in [3.63, 3.8) is 0 Å². The lowest BCUT2D eigenvalue weighted by atomic mass is 9.86. The molecule has 212 valence electrons. The van der Waals surface area contributed by atoms with Crippen molar-refractivity contribution in [1.29, 1.82) is 0 Å². The van der Waals surface area contributed by atoms with E-state index in [2.05, 4.69) is 15.5 Å². The summed E-state index contributed by atoms with van der Waals surface area (Å²) >= 11 is 0. The Morgan fingerprint density at radius 2 is 1.77 bits per heavy atom. The van der Waals surface area contributed by atoms with Gasteiger partial charge in [0.1, 0.15) is 36.2 Å². The summed E-state index contributed by atoms with van der Waals surface area (Å²) in [6, 6.07) is 0.412. The van der Waals surface area contributed by atoms with E-state index in [-0.39, 0.29) is 35.6 Å². The summed E-state index contributed by atoms with van der Waals surface area (Å²) < 4.78 is 47.7. The zero-order valence-corrected chi connectivity index (χ0v) is 21.2. The van der Waals surface area contributed by atoms with Crippen LogP contribution >= 0.6 is 0 Å². The highest BCUT2D eigenvalue weighted by atomic mass is 19.2. The van der Waals surface area contributed by atoms with Crippen LogP contribution in [-0.2, 0) is 14.4 Å². The number of carbonyl (C=O) groups excluding carboxylic acids is 1. The van der Waals surface area contributed by atoms with E-state index in [4.69, 9.17) is 9.57 Å². The van der Waals surface area contributed by atoms with Crippen LogP contribution in [0.3, 0.4) is 0 Å². The second kappa shape index (κ2) is 11.2. The molecule has 3 N–H and O–H groups in total. The molecule has 14 heteroatoms. The first-order chi connectivity index (χ1) is 18.7. The van der Waals surface area contributed by atoms with Gasteiger partial charge >= 0.3 is 0 Å². The maximum Gasteiger partial charge on any atom is 0.219 e. The van der Waals surface area contributed by atoms with Crippen LogP contribution in [-0.4, -0.2) is 97.0 Å². The normalized spacial score (nSPS) is 29.8. The lowest BCUT2D eigenvalue weighted by Gasteiger charge is -2.42. The molecular weight excluding hydrogens is 523 g/mol. The summed E-state index contributed by atoms with van der Waals surface area (Å²) in [5, 5.41) is 43.8. The summed E-state index contributed by atoms with van der Waals surface area (Å²) in [6.45, 7) is 2.33. The lowest BCUT2D eigenvalue weighted by Crippen LogP contribution is -2.56. The van der Waals surface area contributed by atoms with Gasteiger partial charge in [0.25, 0.3) is 0 Å². The van der Waals surface area contributed by atoms with Gasteiger partial charge in [-0.15, -0.1) is 5.10 Å². The van der Waals surface area contributed by atoms with Crippen LogP contribution in [0.5, 0.6) is 0 Å². The van der Waals surface area contributed by atoms with Crippen molar-refractivity contribution in [3.05, 3.63) is 35.8 Å². The minimum absolute atomic E-state index is 0.0111. The molecule has 0 bridgehead atoms. The van der Waals surface area contributed by atoms with Crippen molar-refractivity contribution in [2.45, 2.75) is 69.2 Å². The fourth-order valence-corrected chi connectivity index (χ4v) is 5.56. The van der Waals surface area contributed by atoms with Gasteiger partial charge in [-0.3, -0.25) is 4.79 Å². The number of likely N-dealkylation sites (tertiary alicyclic amines) is 1. The quantitative estimate of drug-likeness (QED) is 0.453. The number of piperidine rings is 1. The summed E-state index contributed by atoms with van der Waals surface area (Å²) in [5.74, 6) is -4.12. The third-order valence-corrected chi connectivity index (χ3v) is 7.79. The highest BCUT2D eigenvalue weighted by molar-refractivity contribution is 5.86. The Morgan fingerprint density at radius 1 is 1.10 bits per heavy atom. The van der Waals surface area contributed by atoms with Crippen LogP contribution in [0.1, 0.15) is 38.6 Å². The molecule has 0 unspecified atom stereocenters. The summed E-state index contributed by atoms with van der Waals surface area (Å²) in [5.41, 5.74) is 0.561. The zero-order valence-electron chi connectivity index (χ0n) is 21.2. The molecule has 0 saturated carbocycles. The van der Waals surface area contributed by atoms with Gasteiger partial charge in [-0.2, -0.15) is 0 Å². The van der Waals surface area contributed by atoms with Gasteiger partial charge in [0.15, 0.2) is 17.5 Å². The van der Waals surface area contributed by atoms with Crippen LogP contribution in [0.4, 0.5) is 13.2 Å². The second-order valence-electron chi connectivity index (χ2n) is 10.3. The Morgan fingerprint density at radius 3 is 2.41 bits per heavy atom. The second-order valence-corrected chi connectivity index (χ2v) is 10.3. The number of carbonyl (C=O) groups is 1. The average molecular weight is 554 g/mol. The Hall–Kier alpha value is -3.07. The SMILES string of the molecule is CC(=O)N1CCC([C@H]2CC(C[C@H]3O[C@H](CO)[C@H](O)[C@H](n4cc(-c5cc(F)c(F)c(F)c5)nn4)[C@H]3O)=NO2)CC1. The highest BCUT2D eigenvalue weighted by Gasteiger charge is 2.47. The Kier molecular flexibility index (Phi) is 7.89. The standard InChI is InChI=1S/C25H30F3N5O6/c1-12(35)32-4-2-13(3-5-32)19-8-15(30-39-19)9-20-24(36)23(25(37)21(11-34)38-20)33-10-18(29-31-33)14-6-16(26)22(28)17(27)7-14/h6-7,10,13,19-21,23-25,34,36-37H,2-5,8-9,11H2,1H3/t19-,20-,21-,23-,24+,25+/m1/s1. The molecule has 39 heavy (non-hydrogen) atoms. The molecule has 0 spiro atoms. The van der Waals surface area contributed by atoms with E-state index in [0.717, 1.165) is 29.7 Å². The number of amides is 1. The van der Waals surface area contributed by atoms with E-state index in [1.807, 2.05) is 0 Å². The third-order valence-electron chi connectivity index (χ3n) is 7.79. The lowest BCUT2D eigenvalue weighted by molar-refractivity contribution is -0.203. The molecule has 0 aliphatic carbocycles. The molecule has 11 nitrogen and oxygen atoms in total. The Labute approximate surface area is 221 Å². The van der Waals surface area contributed by atoms with Crippen LogP contribution in [0, 0.1) is 23.4 Å². The molecule has 5 rings (SSSR count). The topological polar surface area (TPSA) is 143 Å². The van der Waals surface area contributed by atoms with Crippen LogP contribution in [0.25, 0.3) is 11.3 Å². The van der Waals surface area contributed by atoms with Gasteiger partial charge in [0.2, 0.25) is 5.91 Å². The van der Waals surface area contributed by atoms with Gasteiger partial charge in [0, 0.05) is 44.3 Å². The summed E-state index contributed by atoms with van der Waals surface area (Å²) in [6.07, 6.45) is -1.27. The molecule has 2 aromatic rings. The highest BCUT2D eigenvalue weighted by Crippen LogP contribution is 2.35. The number of hydrogen-bond acceptors (Lipinski definition) is 9. The molecule has 6 atom stereocenters. The van der Waals surface area contributed by atoms with Crippen molar-refractivity contribution < 1.29 is 42.9 Å². The van der Waals surface area contributed by atoms with Crippen LogP contribution in [0.15, 0.2) is 23.5 Å². The molecule has 0 radical (unpaired) electrons. The fraction of sp³-hybridized carbons (Fsp3) is 0.600. The van der Waals surface area contributed by atoms with E-state index >= 15 is 0 Å². The predicted molar refractivity (Wildman–Crippen MR) is 129 cm³/mol. The van der Waals surface area contributed by atoms with E-state index in [0.29, 0.717) is 25.2 Å². The fourth-order valence-electron chi connectivity index (χ4n) is 5.56. The number of halogens is 3. The van der Waals surface area contributed by atoms with Gasteiger partial charge in [-0.25, -0.2) is 17.9 Å². The molecule has 2 fully saturated rings. The van der Waals surface area contributed by atoms with Crippen molar-refractivity contribution in [3.8, 4) is 11.3 Å². The van der Waals surface area contributed by atoms with Gasteiger partial charge in [-0.05, 0) is 25.0 Å². The number of rotatable bonds is 6. The maximum atomic E-state index is 13.7. The maximum absolute atomic E-state index is 13.7. The monoisotopic (exact) mass is 553 g/mol. The minimum Gasteiger partial charge on any atom is -0.394 e. The first kappa shape index (κ1) is 27.5. The number of aromatic nitrogens is 3. The van der Waals surface area contributed by atoms with Gasteiger partial charge in [0.05, 0.1) is 24.6 Å². The minimum atomic E-state index is -1.61. The van der Waals surface area contributed by atoms with Crippen molar-refractivity contribution in [2.24, 2.45) is 11.1 Å². The van der Waals surface area contributed by atoms with Gasteiger partial charge < -0.3 is 29.8 Å². The number of oxime groups is 1. The molecule has 1 aromatic carbocycles. The predicted octanol–water partition coefficient (Wildman–Crippen LogP) is 1.18. The third kappa shape index (κ3) is 5.51. The number of nitrogens with zero attached hydrogens (tertiary/aromatic N) is 5. The van der Waals surface area contributed by atoms with E-state index in [9.17, 15) is 33.3 Å². The molecule has 3 aliphatic rings. The van der Waals surface area contributed by atoms with Crippen molar-refractivity contribution in [1.82, 2.24) is 19.9 Å². The molecule has 4 heterocycles. The van der Waals surface area contributed by atoms with Crippen molar-refractivity contribution in [2.75, 3.05) is 19.7 Å². The molecule has 1 aromatic heterocycles. The zero-order chi connectivity index (χ0) is 27.8. The van der Waals surface area contributed by atoms with Crippen molar-refractivity contribution >= 4 is 11.6 Å². The van der Waals surface area contributed by atoms with E-state index in [1.54, 1.807) is 11.8 Å². The first-order valence-corrected chi connectivity index (χ1v) is 12.8. The van der Waals surface area contributed by atoms with Gasteiger partial charge in [-0.1, -0.05) is 10.4 Å². The summed E-state index contributed by atoms with van der Waals surface area (Å²) in [4.78, 5) is 19.1. The van der Waals surface area contributed by atoms with E-state index in [1.165, 1.54) is 6.20 Å². The Bertz CT molecular complexity index is 1210. The van der Waals surface area contributed by atoms with Crippen LogP contribution < -0.4 is 0 Å². The first-order valence-electron chi connectivity index (χ1n) is 12.8. The smallest absolute Gasteiger partial charge is 0.219 e. The largest absolute Gasteiger partial charge is 0.394 e. The van der Waals surface area contributed by atoms with E-state index < -0.39 is 54.5 Å². The molecule has 3 aliphatic heterocycles. The number of aliphatic hydroxyl groups is 3. The Balaban J connectivity index is 1.27. The summed E-state index contributed by atoms with van der Waals surface area (Å²) in [7, 11) is 0. The molecular formula is C25H30F3N5O6.